The normalized spacial score (nSPS) is 15.4. The van der Waals surface area contributed by atoms with Crippen LogP contribution in [-0.2, 0) is 21.6 Å². The summed E-state index contributed by atoms with van der Waals surface area (Å²) < 4.78 is 52.5. The van der Waals surface area contributed by atoms with Crippen LogP contribution in [-0.4, -0.2) is 31.7 Å². The second-order valence-electron chi connectivity index (χ2n) is 7.56. The summed E-state index contributed by atoms with van der Waals surface area (Å²) in [5, 5.41) is 3.03. The number of halogens is 3. The summed E-state index contributed by atoms with van der Waals surface area (Å²) >= 11 is 4.86. The zero-order valence-corrected chi connectivity index (χ0v) is 19.8. The van der Waals surface area contributed by atoms with E-state index in [1.54, 1.807) is 18.2 Å². The summed E-state index contributed by atoms with van der Waals surface area (Å²) in [6.45, 7) is 1.23. The summed E-state index contributed by atoms with van der Waals surface area (Å²) in [5.41, 5.74) is 2.48. The fraction of sp³-hybridized carbons (Fsp3) is 0.318. The Kier molecular flexibility index (Phi) is 6.74. The molecule has 0 N–H and O–H groups in total. The van der Waals surface area contributed by atoms with Crippen LogP contribution in [0.5, 0.6) is 0 Å². The number of benzene rings is 2. The minimum atomic E-state index is -3.36. The van der Waals surface area contributed by atoms with Crippen LogP contribution >= 0.6 is 27.3 Å². The minimum absolute atomic E-state index is 0.374. The van der Waals surface area contributed by atoms with Gasteiger partial charge in [0, 0.05) is 30.2 Å². The third-order valence-corrected chi connectivity index (χ3v) is 9.34. The molecule has 2 heterocycles. The van der Waals surface area contributed by atoms with Crippen molar-refractivity contribution in [1.29, 1.82) is 0 Å². The van der Waals surface area contributed by atoms with E-state index in [0.717, 1.165) is 22.5 Å². The molecule has 0 amide bonds. The van der Waals surface area contributed by atoms with Crippen molar-refractivity contribution in [3.05, 3.63) is 76.3 Å². The van der Waals surface area contributed by atoms with Crippen LogP contribution in [0.4, 0.5) is 13.9 Å². The molecule has 0 saturated carbocycles. The number of anilines is 1. The molecular formula is C22H21BrF2N2O2S2. The molecule has 1 aliphatic rings. The maximum absolute atomic E-state index is 13.4. The Hall–Kier alpha value is -1.84. The summed E-state index contributed by atoms with van der Waals surface area (Å²) in [6.07, 6.45) is 1.50. The molecule has 0 radical (unpaired) electrons. The standard InChI is InChI=1S/C22H21BrF2N2O2S2/c23-13-15-1-4-18(5-2-15)31(28,29)19-7-9-27(10-8-19)22-26-17(14-30-22)11-16-3-6-20(24)21(25)12-16/h1-6,12,14,19H,7-11,13H2. The highest BCUT2D eigenvalue weighted by Crippen LogP contribution is 2.30. The highest BCUT2D eigenvalue weighted by molar-refractivity contribution is 9.08. The summed E-state index contributed by atoms with van der Waals surface area (Å²) in [5.74, 6) is -1.72. The quantitative estimate of drug-likeness (QED) is 0.406. The molecule has 9 heteroatoms. The number of alkyl halides is 1. The van der Waals surface area contributed by atoms with Crippen molar-refractivity contribution in [3.8, 4) is 0 Å². The molecule has 4 nitrogen and oxygen atoms in total. The van der Waals surface area contributed by atoms with Crippen molar-refractivity contribution >= 4 is 42.2 Å². The molecule has 0 unspecified atom stereocenters. The van der Waals surface area contributed by atoms with Crippen molar-refractivity contribution in [1.82, 2.24) is 4.98 Å². The molecule has 0 spiro atoms. The zero-order valence-electron chi connectivity index (χ0n) is 16.6. The molecule has 3 aromatic rings. The van der Waals surface area contributed by atoms with Gasteiger partial charge in [-0.15, -0.1) is 11.3 Å². The van der Waals surface area contributed by atoms with Gasteiger partial charge in [0.25, 0.3) is 0 Å². The zero-order chi connectivity index (χ0) is 22.0. The number of hydrogen-bond donors (Lipinski definition) is 0. The van der Waals surface area contributed by atoms with Gasteiger partial charge in [0.2, 0.25) is 0 Å². The van der Waals surface area contributed by atoms with Gasteiger partial charge < -0.3 is 4.90 Å². The van der Waals surface area contributed by atoms with E-state index in [1.807, 2.05) is 17.5 Å². The Morgan fingerprint density at radius 2 is 1.71 bits per heavy atom. The molecule has 0 aliphatic carbocycles. The largest absolute Gasteiger partial charge is 0.348 e. The highest BCUT2D eigenvalue weighted by atomic mass is 79.9. The number of sulfone groups is 1. The highest BCUT2D eigenvalue weighted by Gasteiger charge is 2.32. The van der Waals surface area contributed by atoms with E-state index >= 15 is 0 Å². The van der Waals surface area contributed by atoms with Crippen molar-refractivity contribution in [2.75, 3.05) is 18.0 Å². The maximum atomic E-state index is 13.4. The molecule has 0 bridgehead atoms. The summed E-state index contributed by atoms with van der Waals surface area (Å²) in [4.78, 5) is 7.09. The van der Waals surface area contributed by atoms with Gasteiger partial charge in [0.15, 0.2) is 26.6 Å². The van der Waals surface area contributed by atoms with Crippen LogP contribution in [0.3, 0.4) is 0 Å². The number of rotatable bonds is 6. The van der Waals surface area contributed by atoms with Gasteiger partial charge in [0.1, 0.15) is 0 Å². The predicted octanol–water partition coefficient (Wildman–Crippen LogP) is 5.35. The Balaban J connectivity index is 1.39. The van der Waals surface area contributed by atoms with E-state index in [0.29, 0.717) is 48.1 Å². The first-order chi connectivity index (χ1) is 14.9. The monoisotopic (exact) mass is 526 g/mol. The van der Waals surface area contributed by atoms with Crippen molar-refractivity contribution in [2.24, 2.45) is 0 Å². The van der Waals surface area contributed by atoms with Crippen LogP contribution in [0.15, 0.2) is 52.7 Å². The van der Waals surface area contributed by atoms with E-state index in [2.05, 4.69) is 25.8 Å². The molecule has 1 aliphatic heterocycles. The predicted molar refractivity (Wildman–Crippen MR) is 123 cm³/mol. The number of thiazole rings is 1. The minimum Gasteiger partial charge on any atom is -0.348 e. The first kappa shape index (κ1) is 22.4. The number of nitrogens with zero attached hydrogens (tertiary/aromatic N) is 2. The van der Waals surface area contributed by atoms with E-state index in [-0.39, 0.29) is 0 Å². The van der Waals surface area contributed by atoms with Crippen molar-refractivity contribution in [3.63, 3.8) is 0 Å². The maximum Gasteiger partial charge on any atom is 0.185 e. The Morgan fingerprint density at radius 1 is 1.03 bits per heavy atom. The van der Waals surface area contributed by atoms with E-state index in [9.17, 15) is 17.2 Å². The van der Waals surface area contributed by atoms with Gasteiger partial charge in [-0.05, 0) is 48.2 Å². The van der Waals surface area contributed by atoms with Gasteiger partial charge in [-0.1, -0.05) is 34.1 Å². The summed E-state index contributed by atoms with van der Waals surface area (Å²) in [7, 11) is -3.36. The number of aromatic nitrogens is 1. The molecule has 1 fully saturated rings. The van der Waals surface area contributed by atoms with Gasteiger partial charge in [-0.25, -0.2) is 22.2 Å². The Labute approximate surface area is 193 Å². The average Bonchev–Trinajstić information content (AvgIpc) is 3.25. The number of hydrogen-bond acceptors (Lipinski definition) is 5. The van der Waals surface area contributed by atoms with Crippen LogP contribution in [0, 0.1) is 11.6 Å². The molecule has 4 rings (SSSR count). The fourth-order valence-electron chi connectivity index (χ4n) is 3.70. The van der Waals surface area contributed by atoms with Gasteiger partial charge in [-0.3, -0.25) is 0 Å². The van der Waals surface area contributed by atoms with Crippen LogP contribution in [0.1, 0.15) is 29.7 Å². The second kappa shape index (κ2) is 9.34. The first-order valence-electron chi connectivity index (χ1n) is 9.89. The molecule has 2 aromatic carbocycles. The van der Waals surface area contributed by atoms with Crippen LogP contribution < -0.4 is 4.90 Å². The lowest BCUT2D eigenvalue weighted by Crippen LogP contribution is -2.39. The van der Waals surface area contributed by atoms with E-state index in [4.69, 9.17) is 0 Å². The lowest BCUT2D eigenvalue weighted by molar-refractivity contribution is 0.507. The SMILES string of the molecule is O=S(=O)(c1ccc(CBr)cc1)C1CCN(c2nc(Cc3ccc(F)c(F)c3)cs2)CC1. The first-order valence-corrected chi connectivity index (χ1v) is 13.4. The summed E-state index contributed by atoms with van der Waals surface area (Å²) in [6, 6.07) is 10.9. The smallest absolute Gasteiger partial charge is 0.185 e. The Morgan fingerprint density at radius 3 is 2.35 bits per heavy atom. The third kappa shape index (κ3) is 4.99. The molecule has 1 saturated heterocycles. The third-order valence-electron chi connectivity index (χ3n) is 5.47. The number of piperidine rings is 1. The van der Waals surface area contributed by atoms with E-state index in [1.165, 1.54) is 17.4 Å². The lowest BCUT2D eigenvalue weighted by atomic mass is 10.1. The molecule has 0 atom stereocenters. The fourth-order valence-corrected chi connectivity index (χ4v) is 6.68. The molecule has 164 valence electrons. The molecule has 31 heavy (non-hydrogen) atoms. The molecular weight excluding hydrogens is 506 g/mol. The van der Waals surface area contributed by atoms with Gasteiger partial charge in [-0.2, -0.15) is 0 Å². The van der Waals surface area contributed by atoms with Crippen molar-refractivity contribution < 1.29 is 17.2 Å². The van der Waals surface area contributed by atoms with Crippen LogP contribution in [0.25, 0.3) is 0 Å². The van der Waals surface area contributed by atoms with E-state index < -0.39 is 26.7 Å². The second-order valence-corrected chi connectivity index (χ2v) is 11.2. The topological polar surface area (TPSA) is 50.3 Å². The lowest BCUT2D eigenvalue weighted by Gasteiger charge is -2.31. The molecule has 1 aromatic heterocycles. The van der Waals surface area contributed by atoms with Gasteiger partial charge >= 0.3 is 0 Å². The Bertz CT molecular complexity index is 1160. The van der Waals surface area contributed by atoms with Crippen LogP contribution in [0.2, 0.25) is 0 Å². The van der Waals surface area contributed by atoms with Gasteiger partial charge in [0.05, 0.1) is 15.8 Å². The average molecular weight is 527 g/mol. The van der Waals surface area contributed by atoms with Crippen molar-refractivity contribution in [2.45, 2.75) is 34.7 Å².